The van der Waals surface area contributed by atoms with Crippen LogP contribution in [0.1, 0.15) is 45.4 Å². The number of nitrogens with zero attached hydrogens (tertiary/aromatic N) is 1. The van der Waals surface area contributed by atoms with Crippen molar-refractivity contribution >= 4 is 28.6 Å². The van der Waals surface area contributed by atoms with Gasteiger partial charge in [0.25, 0.3) is 5.91 Å². The lowest BCUT2D eigenvalue weighted by Gasteiger charge is -2.20. The van der Waals surface area contributed by atoms with Crippen LogP contribution in [0.15, 0.2) is 53.9 Å². The highest BCUT2D eigenvalue weighted by Gasteiger charge is 2.20. The van der Waals surface area contributed by atoms with E-state index in [4.69, 9.17) is 5.73 Å². The van der Waals surface area contributed by atoms with Gasteiger partial charge in [-0.05, 0) is 61.2 Å². The number of anilines is 2. The van der Waals surface area contributed by atoms with E-state index in [0.717, 1.165) is 48.7 Å². The molecule has 1 atom stereocenters. The van der Waals surface area contributed by atoms with E-state index >= 15 is 0 Å². The monoisotopic (exact) mass is 392 g/mol. The molecular weight excluding hydrogens is 368 g/mol. The standard InChI is InChI=1S/C22H24N4OS/c23-18-7-3-15(4-8-18)12-16-5-9-19(10-6-16)25-21(27)20-14-28-22(26-20)17-2-1-11-24-13-17/h3-10,14,17,24H,1-2,11-13,23H2,(H,25,27). The lowest BCUT2D eigenvalue weighted by molar-refractivity contribution is 0.102. The number of carbonyl (C=O) groups is 1. The summed E-state index contributed by atoms with van der Waals surface area (Å²) in [5.41, 5.74) is 10.2. The average molecular weight is 393 g/mol. The van der Waals surface area contributed by atoms with Crippen LogP contribution in [0.25, 0.3) is 0 Å². The van der Waals surface area contributed by atoms with Gasteiger partial charge in [-0.25, -0.2) is 4.98 Å². The molecule has 3 aromatic rings. The van der Waals surface area contributed by atoms with Gasteiger partial charge in [0, 0.05) is 29.2 Å². The lowest BCUT2D eigenvalue weighted by atomic mass is 10.0. The molecule has 0 radical (unpaired) electrons. The molecule has 1 aliphatic rings. The number of piperidine rings is 1. The van der Waals surface area contributed by atoms with Crippen molar-refractivity contribution in [2.24, 2.45) is 0 Å². The van der Waals surface area contributed by atoms with Gasteiger partial charge in [0.2, 0.25) is 0 Å². The zero-order valence-electron chi connectivity index (χ0n) is 15.7. The number of nitrogens with one attached hydrogen (secondary N) is 2. The zero-order valence-corrected chi connectivity index (χ0v) is 16.5. The Kier molecular flexibility index (Phi) is 5.69. The fourth-order valence-corrected chi connectivity index (χ4v) is 4.35. The van der Waals surface area contributed by atoms with Crippen molar-refractivity contribution in [2.75, 3.05) is 24.1 Å². The van der Waals surface area contributed by atoms with Crippen molar-refractivity contribution < 1.29 is 4.79 Å². The summed E-state index contributed by atoms with van der Waals surface area (Å²) in [5.74, 6) is 0.269. The number of amides is 1. The fourth-order valence-electron chi connectivity index (χ4n) is 3.41. The van der Waals surface area contributed by atoms with E-state index in [2.05, 4.69) is 15.6 Å². The Labute approximate surface area is 169 Å². The topological polar surface area (TPSA) is 80.0 Å². The molecule has 5 nitrogen and oxygen atoms in total. The molecule has 2 aromatic carbocycles. The normalized spacial score (nSPS) is 16.6. The highest BCUT2D eigenvalue weighted by atomic mass is 32.1. The van der Waals surface area contributed by atoms with Crippen molar-refractivity contribution in [3.63, 3.8) is 0 Å². The number of carbonyl (C=O) groups excluding carboxylic acids is 1. The molecule has 4 N–H and O–H groups in total. The largest absolute Gasteiger partial charge is 0.399 e. The minimum atomic E-state index is -0.155. The van der Waals surface area contributed by atoms with Crippen molar-refractivity contribution in [1.29, 1.82) is 0 Å². The van der Waals surface area contributed by atoms with Crippen LogP contribution >= 0.6 is 11.3 Å². The first-order chi connectivity index (χ1) is 13.7. The number of aromatic nitrogens is 1. The fraction of sp³-hybridized carbons (Fsp3) is 0.273. The summed E-state index contributed by atoms with van der Waals surface area (Å²) in [5, 5.41) is 9.25. The lowest BCUT2D eigenvalue weighted by Crippen LogP contribution is -2.28. The Morgan fingerprint density at radius 1 is 1.14 bits per heavy atom. The SMILES string of the molecule is Nc1ccc(Cc2ccc(NC(=O)c3csc(C4CCCNC4)n3)cc2)cc1. The molecule has 1 saturated heterocycles. The summed E-state index contributed by atoms with van der Waals surface area (Å²) >= 11 is 1.58. The van der Waals surface area contributed by atoms with Crippen LogP contribution in [0.3, 0.4) is 0 Å². The van der Waals surface area contributed by atoms with E-state index in [-0.39, 0.29) is 5.91 Å². The third kappa shape index (κ3) is 4.58. The summed E-state index contributed by atoms with van der Waals surface area (Å²) in [7, 11) is 0. The number of nitrogens with two attached hydrogens (primary N) is 1. The molecule has 144 valence electrons. The molecule has 1 amide bonds. The quantitative estimate of drug-likeness (QED) is 0.573. The molecule has 4 rings (SSSR count). The van der Waals surface area contributed by atoms with Gasteiger partial charge in [-0.2, -0.15) is 0 Å². The van der Waals surface area contributed by atoms with E-state index in [1.165, 1.54) is 11.1 Å². The summed E-state index contributed by atoms with van der Waals surface area (Å²) in [4.78, 5) is 17.1. The third-order valence-electron chi connectivity index (χ3n) is 5.00. The summed E-state index contributed by atoms with van der Waals surface area (Å²) in [6.45, 7) is 2.02. The van der Waals surface area contributed by atoms with E-state index in [9.17, 15) is 4.79 Å². The van der Waals surface area contributed by atoms with E-state index in [1.54, 1.807) is 11.3 Å². The highest BCUT2D eigenvalue weighted by Crippen LogP contribution is 2.26. The first-order valence-electron chi connectivity index (χ1n) is 9.58. The van der Waals surface area contributed by atoms with Gasteiger partial charge in [-0.15, -0.1) is 11.3 Å². The van der Waals surface area contributed by atoms with Gasteiger partial charge in [-0.3, -0.25) is 4.79 Å². The second-order valence-corrected chi connectivity index (χ2v) is 8.07. The third-order valence-corrected chi connectivity index (χ3v) is 6.01. The molecule has 6 heteroatoms. The van der Waals surface area contributed by atoms with Gasteiger partial charge >= 0.3 is 0 Å². The van der Waals surface area contributed by atoms with Crippen molar-refractivity contribution in [2.45, 2.75) is 25.2 Å². The highest BCUT2D eigenvalue weighted by molar-refractivity contribution is 7.10. The number of thiazole rings is 1. The maximum absolute atomic E-state index is 12.5. The van der Waals surface area contributed by atoms with Crippen LogP contribution in [0.4, 0.5) is 11.4 Å². The molecule has 0 bridgehead atoms. The zero-order chi connectivity index (χ0) is 19.3. The molecule has 1 fully saturated rings. The van der Waals surface area contributed by atoms with Gasteiger partial charge < -0.3 is 16.4 Å². The number of hydrogen-bond acceptors (Lipinski definition) is 5. The van der Waals surface area contributed by atoms with E-state index < -0.39 is 0 Å². The smallest absolute Gasteiger partial charge is 0.275 e. The predicted molar refractivity (Wildman–Crippen MR) is 115 cm³/mol. The van der Waals surface area contributed by atoms with Crippen LogP contribution in [0, 0.1) is 0 Å². The van der Waals surface area contributed by atoms with Crippen LogP contribution in [0.2, 0.25) is 0 Å². The van der Waals surface area contributed by atoms with Gasteiger partial charge in [0.1, 0.15) is 5.69 Å². The predicted octanol–water partition coefficient (Wildman–Crippen LogP) is 4.04. The average Bonchev–Trinajstić information content (AvgIpc) is 3.22. The molecular formula is C22H24N4OS. The Balaban J connectivity index is 1.36. The van der Waals surface area contributed by atoms with Crippen molar-refractivity contribution in [1.82, 2.24) is 10.3 Å². The minimum absolute atomic E-state index is 0.155. The Hall–Kier alpha value is -2.70. The Morgan fingerprint density at radius 3 is 2.54 bits per heavy atom. The molecule has 1 aromatic heterocycles. The summed E-state index contributed by atoms with van der Waals surface area (Å²) < 4.78 is 0. The van der Waals surface area contributed by atoms with Gasteiger partial charge in [0.15, 0.2) is 0 Å². The Bertz CT molecular complexity index is 928. The van der Waals surface area contributed by atoms with E-state index in [1.807, 2.05) is 53.9 Å². The van der Waals surface area contributed by atoms with Gasteiger partial charge in [0.05, 0.1) is 5.01 Å². The van der Waals surface area contributed by atoms with E-state index in [0.29, 0.717) is 11.6 Å². The number of nitrogen functional groups attached to an aromatic ring is 1. The second-order valence-electron chi connectivity index (χ2n) is 7.18. The van der Waals surface area contributed by atoms with Crippen molar-refractivity contribution in [3.05, 3.63) is 75.7 Å². The van der Waals surface area contributed by atoms with Crippen molar-refractivity contribution in [3.8, 4) is 0 Å². The number of benzene rings is 2. The minimum Gasteiger partial charge on any atom is -0.399 e. The molecule has 1 unspecified atom stereocenters. The van der Waals surface area contributed by atoms with Crippen LogP contribution < -0.4 is 16.4 Å². The molecule has 2 heterocycles. The Morgan fingerprint density at radius 2 is 1.86 bits per heavy atom. The molecule has 0 spiro atoms. The molecule has 0 saturated carbocycles. The molecule has 1 aliphatic heterocycles. The van der Waals surface area contributed by atoms with Crippen LogP contribution in [-0.4, -0.2) is 24.0 Å². The number of hydrogen-bond donors (Lipinski definition) is 3. The van der Waals surface area contributed by atoms with Crippen LogP contribution in [-0.2, 0) is 6.42 Å². The maximum atomic E-state index is 12.5. The first-order valence-corrected chi connectivity index (χ1v) is 10.5. The molecule has 0 aliphatic carbocycles. The summed E-state index contributed by atoms with van der Waals surface area (Å²) in [6, 6.07) is 15.8. The van der Waals surface area contributed by atoms with Gasteiger partial charge in [-0.1, -0.05) is 24.3 Å². The number of rotatable bonds is 5. The second kappa shape index (κ2) is 8.54. The van der Waals surface area contributed by atoms with Crippen LogP contribution in [0.5, 0.6) is 0 Å². The molecule has 28 heavy (non-hydrogen) atoms. The summed E-state index contributed by atoms with van der Waals surface area (Å²) in [6.07, 6.45) is 3.13. The first kappa shape index (κ1) is 18.7. The maximum Gasteiger partial charge on any atom is 0.275 e.